The highest BCUT2D eigenvalue weighted by molar-refractivity contribution is 5.68. The number of carbonyl (C=O) groups excluding carboxylic acids is 1. The molecule has 1 saturated carbocycles. The Bertz CT molecular complexity index is 687. The van der Waals surface area contributed by atoms with Gasteiger partial charge in [-0.15, -0.1) is 0 Å². The minimum Gasteiger partial charge on any atom is -0.444 e. The summed E-state index contributed by atoms with van der Waals surface area (Å²) in [4.78, 5) is 16.5. The zero-order valence-electron chi connectivity index (χ0n) is 14.1. The number of nitrogens with one attached hydrogen (secondary N) is 1. The fourth-order valence-corrected chi connectivity index (χ4v) is 3.32. The Morgan fingerprint density at radius 1 is 1.35 bits per heavy atom. The summed E-state index contributed by atoms with van der Waals surface area (Å²) in [6.07, 6.45) is 7.88. The van der Waals surface area contributed by atoms with Crippen molar-refractivity contribution in [2.75, 3.05) is 0 Å². The average Bonchev–Trinajstić information content (AvgIpc) is 2.89. The minimum atomic E-state index is -0.459. The maximum Gasteiger partial charge on any atom is 0.407 e. The number of rotatable bonds is 2. The lowest BCUT2D eigenvalue weighted by atomic mass is 9.84. The van der Waals surface area contributed by atoms with Gasteiger partial charge in [-0.3, -0.25) is 0 Å². The van der Waals surface area contributed by atoms with Crippen molar-refractivity contribution in [3.63, 3.8) is 0 Å². The minimum absolute atomic E-state index is 0.165. The molecule has 0 bridgehead atoms. The van der Waals surface area contributed by atoms with E-state index in [-0.39, 0.29) is 12.1 Å². The lowest BCUT2D eigenvalue weighted by molar-refractivity contribution is 0.0490. The molecular weight excluding hydrogens is 290 g/mol. The van der Waals surface area contributed by atoms with Gasteiger partial charge in [0.15, 0.2) is 0 Å². The zero-order valence-corrected chi connectivity index (χ0v) is 14.1. The van der Waals surface area contributed by atoms with E-state index >= 15 is 0 Å². The molecule has 1 amide bonds. The first-order chi connectivity index (χ1) is 10.9. The lowest BCUT2D eigenvalue weighted by Gasteiger charge is -2.30. The molecule has 23 heavy (non-hydrogen) atoms. The largest absolute Gasteiger partial charge is 0.444 e. The number of fused-ring (bicyclic) bond motifs is 1. The van der Waals surface area contributed by atoms with Crippen LogP contribution >= 0.6 is 0 Å². The summed E-state index contributed by atoms with van der Waals surface area (Å²) in [6, 6.07) is 6.21. The van der Waals surface area contributed by atoms with Gasteiger partial charge in [0.25, 0.3) is 0 Å². The number of alkyl carbamates (subject to hydrolysis) is 1. The number of hydrogen-bond acceptors (Lipinski definition) is 3. The number of imidazole rings is 1. The summed E-state index contributed by atoms with van der Waals surface area (Å²) >= 11 is 0. The predicted octanol–water partition coefficient (Wildman–Crippen LogP) is 3.89. The van der Waals surface area contributed by atoms with E-state index in [2.05, 4.69) is 20.9 Å². The second kappa shape index (κ2) is 6.22. The predicted molar refractivity (Wildman–Crippen MR) is 89.6 cm³/mol. The standard InChI is InChI=1S/C18H25N3O2/c1-18(2,3)23-17(22)20-14-8-6-7-13(11-14)15-12-19-16-9-4-5-10-21(15)16/h4-5,9-10,12-14H,6-8,11H2,1-3H3,(H,20,22). The van der Waals surface area contributed by atoms with Crippen molar-refractivity contribution in [2.45, 2.75) is 64.0 Å². The molecule has 1 aliphatic carbocycles. The molecule has 0 aliphatic heterocycles. The fraction of sp³-hybridized carbons (Fsp3) is 0.556. The maximum absolute atomic E-state index is 12.0. The van der Waals surface area contributed by atoms with Crippen LogP contribution in [-0.2, 0) is 4.74 Å². The van der Waals surface area contributed by atoms with Crippen LogP contribution in [0.15, 0.2) is 30.6 Å². The average molecular weight is 315 g/mol. The van der Waals surface area contributed by atoms with Gasteiger partial charge in [-0.1, -0.05) is 12.5 Å². The molecule has 5 heteroatoms. The van der Waals surface area contributed by atoms with E-state index in [0.29, 0.717) is 5.92 Å². The zero-order chi connectivity index (χ0) is 16.4. The molecule has 2 aromatic rings. The molecule has 3 rings (SSSR count). The third-order valence-corrected chi connectivity index (χ3v) is 4.26. The van der Waals surface area contributed by atoms with Crippen LogP contribution < -0.4 is 5.32 Å². The number of aromatic nitrogens is 2. The van der Waals surface area contributed by atoms with E-state index in [1.54, 1.807) is 0 Å². The summed E-state index contributed by atoms with van der Waals surface area (Å²) in [5.41, 5.74) is 1.75. The van der Waals surface area contributed by atoms with Gasteiger partial charge in [0.05, 0.1) is 0 Å². The van der Waals surface area contributed by atoms with Gasteiger partial charge < -0.3 is 14.5 Å². The Hall–Kier alpha value is -2.04. The summed E-state index contributed by atoms with van der Waals surface area (Å²) in [6.45, 7) is 5.65. The van der Waals surface area contributed by atoms with Crippen molar-refractivity contribution < 1.29 is 9.53 Å². The molecule has 2 aromatic heterocycles. The van der Waals surface area contributed by atoms with Crippen LogP contribution in [0.5, 0.6) is 0 Å². The van der Waals surface area contributed by atoms with E-state index in [1.807, 2.05) is 45.2 Å². The van der Waals surface area contributed by atoms with E-state index < -0.39 is 5.60 Å². The van der Waals surface area contributed by atoms with Gasteiger partial charge in [0.2, 0.25) is 0 Å². The topological polar surface area (TPSA) is 55.6 Å². The van der Waals surface area contributed by atoms with Crippen LogP contribution in [-0.4, -0.2) is 27.1 Å². The Balaban J connectivity index is 1.68. The third-order valence-electron chi connectivity index (χ3n) is 4.26. The highest BCUT2D eigenvalue weighted by Gasteiger charge is 2.27. The van der Waals surface area contributed by atoms with Gasteiger partial charge in [0.1, 0.15) is 11.2 Å². The molecule has 2 heterocycles. The number of amides is 1. The maximum atomic E-state index is 12.0. The first-order valence-corrected chi connectivity index (χ1v) is 8.34. The quantitative estimate of drug-likeness (QED) is 0.915. The van der Waals surface area contributed by atoms with Crippen molar-refractivity contribution in [2.24, 2.45) is 0 Å². The van der Waals surface area contributed by atoms with Gasteiger partial charge in [0, 0.05) is 30.0 Å². The van der Waals surface area contributed by atoms with Crippen LogP contribution in [0.3, 0.4) is 0 Å². The summed E-state index contributed by atoms with van der Waals surface area (Å²) in [5, 5.41) is 3.02. The highest BCUT2D eigenvalue weighted by Crippen LogP contribution is 2.33. The SMILES string of the molecule is CC(C)(C)OC(=O)NC1CCCC(c2cnc3ccccn23)C1. The molecule has 124 valence electrons. The van der Waals surface area contributed by atoms with Gasteiger partial charge >= 0.3 is 6.09 Å². The van der Waals surface area contributed by atoms with E-state index in [0.717, 1.165) is 31.3 Å². The second-order valence-electron chi connectivity index (χ2n) is 7.32. The molecule has 0 aromatic carbocycles. The Morgan fingerprint density at radius 2 is 2.17 bits per heavy atom. The highest BCUT2D eigenvalue weighted by atomic mass is 16.6. The molecule has 2 unspecified atom stereocenters. The van der Waals surface area contributed by atoms with Crippen molar-refractivity contribution in [3.05, 3.63) is 36.3 Å². The van der Waals surface area contributed by atoms with E-state index in [9.17, 15) is 4.79 Å². The van der Waals surface area contributed by atoms with Gasteiger partial charge in [-0.2, -0.15) is 0 Å². The van der Waals surface area contributed by atoms with Crippen LogP contribution in [0.25, 0.3) is 5.65 Å². The Labute approximate surface area is 137 Å². The van der Waals surface area contributed by atoms with Crippen LogP contribution in [0.4, 0.5) is 4.79 Å². The molecule has 1 fully saturated rings. The molecule has 0 saturated heterocycles. The molecule has 2 atom stereocenters. The van der Waals surface area contributed by atoms with Crippen LogP contribution in [0.2, 0.25) is 0 Å². The Morgan fingerprint density at radius 3 is 2.96 bits per heavy atom. The smallest absolute Gasteiger partial charge is 0.407 e. The molecule has 0 radical (unpaired) electrons. The first-order valence-electron chi connectivity index (χ1n) is 8.34. The lowest BCUT2D eigenvalue weighted by Crippen LogP contribution is -2.41. The number of ether oxygens (including phenoxy) is 1. The molecule has 0 spiro atoms. The Kier molecular flexibility index (Phi) is 4.28. The summed E-state index contributed by atoms with van der Waals surface area (Å²) < 4.78 is 7.52. The number of nitrogens with zero attached hydrogens (tertiary/aromatic N) is 2. The van der Waals surface area contributed by atoms with E-state index in [1.165, 1.54) is 5.69 Å². The van der Waals surface area contributed by atoms with Crippen LogP contribution in [0, 0.1) is 0 Å². The molecular formula is C18H25N3O2. The van der Waals surface area contributed by atoms with E-state index in [4.69, 9.17) is 4.74 Å². The number of pyridine rings is 1. The monoisotopic (exact) mass is 315 g/mol. The van der Waals surface area contributed by atoms with Gasteiger partial charge in [-0.05, 0) is 52.2 Å². The molecule has 5 nitrogen and oxygen atoms in total. The molecule has 1 aliphatic rings. The fourth-order valence-electron chi connectivity index (χ4n) is 3.32. The summed E-state index contributed by atoms with van der Waals surface area (Å²) in [7, 11) is 0. The van der Waals surface area contributed by atoms with Crippen molar-refractivity contribution in [1.82, 2.24) is 14.7 Å². The van der Waals surface area contributed by atoms with Crippen molar-refractivity contribution >= 4 is 11.7 Å². The summed E-state index contributed by atoms with van der Waals surface area (Å²) in [5.74, 6) is 0.418. The normalized spacial score (nSPS) is 22.0. The first kappa shape index (κ1) is 15.8. The van der Waals surface area contributed by atoms with Crippen molar-refractivity contribution in [1.29, 1.82) is 0 Å². The third kappa shape index (κ3) is 3.84. The number of hydrogen-bond donors (Lipinski definition) is 1. The van der Waals surface area contributed by atoms with Crippen molar-refractivity contribution in [3.8, 4) is 0 Å². The molecule has 1 N–H and O–H groups in total. The number of carbonyl (C=O) groups is 1. The van der Waals surface area contributed by atoms with Gasteiger partial charge in [-0.25, -0.2) is 9.78 Å². The second-order valence-corrected chi connectivity index (χ2v) is 7.32. The van der Waals surface area contributed by atoms with Crippen LogP contribution in [0.1, 0.15) is 58.1 Å².